The third kappa shape index (κ3) is 6.17. The molecule has 1 aromatic carbocycles. The number of rotatable bonds is 10. The maximum atomic E-state index is 9.98. The third-order valence-corrected chi connectivity index (χ3v) is 6.26. The molecular weight excluding hydrogens is 446 g/mol. The van der Waals surface area contributed by atoms with Gasteiger partial charge in [-0.25, -0.2) is 4.98 Å². The first-order valence-electron chi connectivity index (χ1n) is 12.2. The summed E-state index contributed by atoms with van der Waals surface area (Å²) in [6.07, 6.45) is 1.58. The van der Waals surface area contributed by atoms with E-state index in [2.05, 4.69) is 15.8 Å². The van der Waals surface area contributed by atoms with E-state index in [4.69, 9.17) is 24.0 Å². The average Bonchev–Trinajstić information content (AvgIpc) is 3.20. The molecule has 1 unspecified atom stereocenters. The SMILES string of the molecule is CNCC(O)COc1cccc(-c2nc(OCC3CCNCC3)c(C)c(-c3c(C)noc3C)n2)c1. The summed E-state index contributed by atoms with van der Waals surface area (Å²) in [5.74, 6) is 2.94. The zero-order valence-corrected chi connectivity index (χ0v) is 20.9. The van der Waals surface area contributed by atoms with Crippen molar-refractivity contribution in [2.75, 3.05) is 39.9 Å². The number of piperidine rings is 1. The molecule has 2 aromatic heterocycles. The minimum Gasteiger partial charge on any atom is -0.491 e. The molecule has 1 aliphatic heterocycles. The Morgan fingerprint density at radius 3 is 2.69 bits per heavy atom. The monoisotopic (exact) mass is 481 g/mol. The van der Waals surface area contributed by atoms with Crippen LogP contribution in [0.15, 0.2) is 28.8 Å². The van der Waals surface area contributed by atoms with Crippen LogP contribution >= 0.6 is 0 Å². The molecule has 188 valence electrons. The van der Waals surface area contributed by atoms with Crippen molar-refractivity contribution in [3.05, 3.63) is 41.3 Å². The van der Waals surface area contributed by atoms with E-state index in [-0.39, 0.29) is 6.61 Å². The Morgan fingerprint density at radius 2 is 1.97 bits per heavy atom. The fourth-order valence-corrected chi connectivity index (χ4v) is 4.29. The third-order valence-electron chi connectivity index (χ3n) is 6.26. The lowest BCUT2D eigenvalue weighted by atomic mass is 9.99. The number of hydrogen-bond acceptors (Lipinski definition) is 9. The van der Waals surface area contributed by atoms with Crippen molar-refractivity contribution in [2.45, 2.75) is 39.7 Å². The van der Waals surface area contributed by atoms with Gasteiger partial charge in [-0.3, -0.25) is 0 Å². The van der Waals surface area contributed by atoms with Crippen molar-refractivity contribution in [1.82, 2.24) is 25.8 Å². The van der Waals surface area contributed by atoms with E-state index in [0.29, 0.717) is 42.3 Å². The first-order chi connectivity index (χ1) is 17.0. The normalized spacial score (nSPS) is 15.2. The van der Waals surface area contributed by atoms with Crippen molar-refractivity contribution >= 4 is 0 Å². The van der Waals surface area contributed by atoms with E-state index in [1.807, 2.05) is 45.0 Å². The molecule has 9 heteroatoms. The van der Waals surface area contributed by atoms with E-state index >= 15 is 0 Å². The van der Waals surface area contributed by atoms with Crippen LogP contribution in [0.2, 0.25) is 0 Å². The van der Waals surface area contributed by atoms with Gasteiger partial charge in [0.25, 0.3) is 0 Å². The molecule has 0 radical (unpaired) electrons. The number of aliphatic hydroxyl groups excluding tert-OH is 1. The number of ether oxygens (including phenoxy) is 2. The predicted molar refractivity (Wildman–Crippen MR) is 134 cm³/mol. The van der Waals surface area contributed by atoms with Crippen LogP contribution in [0.5, 0.6) is 11.6 Å². The van der Waals surface area contributed by atoms with Crippen molar-refractivity contribution in [1.29, 1.82) is 0 Å². The second-order valence-electron chi connectivity index (χ2n) is 9.08. The quantitative estimate of drug-likeness (QED) is 0.402. The molecule has 4 rings (SSSR count). The standard InChI is InChI=1S/C26H35N5O4/c1-16-24(23-17(2)31-35-18(23)3)29-25(30-26(16)34-14-19-8-10-28-11-9-19)20-6-5-7-22(12-20)33-15-21(32)13-27-4/h5-7,12,19,21,27-28,32H,8-11,13-15H2,1-4H3. The molecule has 0 aliphatic carbocycles. The van der Waals surface area contributed by atoms with Gasteiger partial charge in [0.05, 0.1) is 23.6 Å². The van der Waals surface area contributed by atoms with Crippen LogP contribution in [0.25, 0.3) is 22.6 Å². The van der Waals surface area contributed by atoms with Crippen LogP contribution in [0.1, 0.15) is 29.9 Å². The largest absolute Gasteiger partial charge is 0.491 e. The summed E-state index contributed by atoms with van der Waals surface area (Å²) in [5.41, 5.74) is 4.04. The Morgan fingerprint density at radius 1 is 1.17 bits per heavy atom. The fraction of sp³-hybridized carbons (Fsp3) is 0.500. The Kier molecular flexibility index (Phi) is 8.33. The fourth-order valence-electron chi connectivity index (χ4n) is 4.29. The Bertz CT molecular complexity index is 1110. The van der Waals surface area contributed by atoms with Gasteiger partial charge >= 0.3 is 0 Å². The Balaban J connectivity index is 1.67. The highest BCUT2D eigenvalue weighted by Gasteiger charge is 2.22. The van der Waals surface area contributed by atoms with Crippen LogP contribution < -0.4 is 20.1 Å². The van der Waals surface area contributed by atoms with E-state index in [9.17, 15) is 5.11 Å². The van der Waals surface area contributed by atoms with Gasteiger partial charge in [-0.15, -0.1) is 0 Å². The van der Waals surface area contributed by atoms with Gasteiger partial charge in [0.1, 0.15) is 24.2 Å². The molecule has 1 fully saturated rings. The molecule has 1 aliphatic rings. The summed E-state index contributed by atoms with van der Waals surface area (Å²) in [6.45, 7) is 9.07. The van der Waals surface area contributed by atoms with E-state index in [0.717, 1.165) is 54.0 Å². The Labute approximate surface area is 206 Å². The van der Waals surface area contributed by atoms with Crippen LogP contribution in [-0.2, 0) is 0 Å². The van der Waals surface area contributed by atoms with Crippen molar-refractivity contribution in [3.8, 4) is 34.3 Å². The molecule has 9 nitrogen and oxygen atoms in total. The van der Waals surface area contributed by atoms with Gasteiger partial charge < -0.3 is 29.7 Å². The number of likely N-dealkylation sites (N-methyl/N-ethyl adjacent to an activating group) is 1. The molecule has 1 saturated heterocycles. The highest BCUT2D eigenvalue weighted by Crippen LogP contribution is 2.34. The molecule has 3 N–H and O–H groups in total. The zero-order chi connectivity index (χ0) is 24.8. The highest BCUT2D eigenvalue weighted by atomic mass is 16.5. The molecule has 3 aromatic rings. The molecule has 0 saturated carbocycles. The lowest BCUT2D eigenvalue weighted by Crippen LogP contribution is -2.30. The summed E-state index contributed by atoms with van der Waals surface area (Å²) in [6, 6.07) is 7.57. The smallest absolute Gasteiger partial charge is 0.220 e. The number of aryl methyl sites for hydroxylation is 2. The summed E-state index contributed by atoms with van der Waals surface area (Å²) in [4.78, 5) is 9.72. The van der Waals surface area contributed by atoms with E-state index in [1.54, 1.807) is 7.05 Å². The molecule has 1 atom stereocenters. The van der Waals surface area contributed by atoms with Crippen LogP contribution in [0.3, 0.4) is 0 Å². The molecule has 0 amide bonds. The van der Waals surface area contributed by atoms with Gasteiger partial charge in [-0.05, 0) is 71.8 Å². The van der Waals surface area contributed by atoms with Gasteiger partial charge in [0.15, 0.2) is 5.82 Å². The molecule has 0 spiro atoms. The number of benzene rings is 1. The van der Waals surface area contributed by atoms with Crippen molar-refractivity contribution < 1.29 is 19.1 Å². The van der Waals surface area contributed by atoms with Gasteiger partial charge in [0, 0.05) is 17.7 Å². The zero-order valence-electron chi connectivity index (χ0n) is 20.9. The number of nitrogens with one attached hydrogen (secondary N) is 2. The van der Waals surface area contributed by atoms with Crippen LogP contribution in [0, 0.1) is 26.7 Å². The summed E-state index contributed by atoms with van der Waals surface area (Å²) in [5, 5.41) is 20.4. The summed E-state index contributed by atoms with van der Waals surface area (Å²) >= 11 is 0. The number of aliphatic hydroxyl groups is 1. The first kappa shape index (κ1) is 25.1. The highest BCUT2D eigenvalue weighted by molar-refractivity contribution is 5.71. The molecule has 35 heavy (non-hydrogen) atoms. The van der Waals surface area contributed by atoms with Crippen molar-refractivity contribution in [2.24, 2.45) is 5.92 Å². The number of hydrogen-bond donors (Lipinski definition) is 3. The minimum atomic E-state index is -0.597. The van der Waals surface area contributed by atoms with Crippen molar-refractivity contribution in [3.63, 3.8) is 0 Å². The molecular formula is C26H35N5O4. The van der Waals surface area contributed by atoms with Crippen LogP contribution in [-0.4, -0.2) is 66.2 Å². The average molecular weight is 482 g/mol. The number of aromatic nitrogens is 3. The van der Waals surface area contributed by atoms with Gasteiger partial charge in [0.2, 0.25) is 5.88 Å². The van der Waals surface area contributed by atoms with E-state index < -0.39 is 6.10 Å². The van der Waals surface area contributed by atoms with E-state index in [1.165, 1.54) is 0 Å². The molecule has 0 bridgehead atoms. The first-order valence-corrected chi connectivity index (χ1v) is 12.2. The topological polar surface area (TPSA) is 115 Å². The maximum Gasteiger partial charge on any atom is 0.220 e. The lowest BCUT2D eigenvalue weighted by Gasteiger charge is -2.23. The second-order valence-corrected chi connectivity index (χ2v) is 9.08. The summed E-state index contributed by atoms with van der Waals surface area (Å²) in [7, 11) is 1.79. The lowest BCUT2D eigenvalue weighted by molar-refractivity contribution is 0.108. The second kappa shape index (κ2) is 11.6. The van der Waals surface area contributed by atoms with Gasteiger partial charge in [-0.1, -0.05) is 17.3 Å². The maximum absolute atomic E-state index is 9.98. The predicted octanol–water partition coefficient (Wildman–Crippen LogP) is 3.06. The minimum absolute atomic E-state index is 0.188. The van der Waals surface area contributed by atoms with Gasteiger partial charge in [-0.2, -0.15) is 4.98 Å². The number of nitrogens with zero attached hydrogens (tertiary/aromatic N) is 3. The molecule has 3 heterocycles. The Hall–Kier alpha value is -3.01. The van der Waals surface area contributed by atoms with Crippen LogP contribution in [0.4, 0.5) is 0 Å². The summed E-state index contributed by atoms with van der Waals surface area (Å²) < 4.78 is 17.5.